The first-order valence-electron chi connectivity index (χ1n) is 5.70. The monoisotopic (exact) mass is 251 g/mol. The van der Waals surface area contributed by atoms with Crippen molar-refractivity contribution in [3.05, 3.63) is 45.3 Å². The number of nitrogens with zero attached hydrogens (tertiary/aromatic N) is 2. The maximum atomic E-state index is 11.6. The van der Waals surface area contributed by atoms with Crippen molar-refractivity contribution >= 4 is 5.91 Å². The number of rotatable bonds is 5. The summed E-state index contributed by atoms with van der Waals surface area (Å²) in [5.41, 5.74) is -0.879. The lowest BCUT2D eigenvalue weighted by atomic mass is 10.4. The molecule has 1 N–H and O–H groups in total. The topological polar surface area (TPSA) is 73.1 Å². The van der Waals surface area contributed by atoms with E-state index >= 15 is 0 Å². The van der Waals surface area contributed by atoms with Gasteiger partial charge in [-0.05, 0) is 13.3 Å². The predicted octanol–water partition coefficient (Wildman–Crippen LogP) is -0.371. The van der Waals surface area contributed by atoms with Crippen LogP contribution in [0.2, 0.25) is 0 Å². The predicted molar refractivity (Wildman–Crippen MR) is 68.4 cm³/mol. The van der Waals surface area contributed by atoms with Crippen molar-refractivity contribution in [3.8, 4) is 0 Å². The van der Waals surface area contributed by atoms with Crippen molar-refractivity contribution in [1.29, 1.82) is 0 Å². The van der Waals surface area contributed by atoms with Crippen molar-refractivity contribution in [1.82, 2.24) is 14.5 Å². The molecule has 98 valence electrons. The number of hydrogen-bond donors (Lipinski definition) is 1. The summed E-state index contributed by atoms with van der Waals surface area (Å²) in [6.07, 6.45) is 5.93. The molecule has 0 saturated heterocycles. The summed E-state index contributed by atoms with van der Waals surface area (Å²) in [6, 6.07) is 1.26. The van der Waals surface area contributed by atoms with E-state index in [4.69, 9.17) is 0 Å². The quantitative estimate of drug-likeness (QED) is 0.573. The molecule has 1 aromatic heterocycles. The van der Waals surface area contributed by atoms with Gasteiger partial charge in [0, 0.05) is 25.9 Å². The molecule has 0 aliphatic rings. The lowest BCUT2D eigenvalue weighted by molar-refractivity contribution is -0.121. The van der Waals surface area contributed by atoms with Gasteiger partial charge in [-0.1, -0.05) is 12.2 Å². The Bertz CT molecular complexity index is 554. The molecule has 6 nitrogen and oxygen atoms in total. The minimum atomic E-state index is -0.494. The molecule has 1 heterocycles. The summed E-state index contributed by atoms with van der Waals surface area (Å²) >= 11 is 0. The molecule has 0 spiro atoms. The Morgan fingerprint density at radius 3 is 2.83 bits per heavy atom. The molecular weight excluding hydrogens is 234 g/mol. The second kappa shape index (κ2) is 6.58. The minimum Gasteiger partial charge on any atom is -0.354 e. The first-order valence-corrected chi connectivity index (χ1v) is 5.70. The molecule has 0 saturated carbocycles. The van der Waals surface area contributed by atoms with E-state index in [-0.39, 0.29) is 18.0 Å². The van der Waals surface area contributed by atoms with Crippen molar-refractivity contribution in [2.45, 2.75) is 19.9 Å². The van der Waals surface area contributed by atoms with Gasteiger partial charge in [0.05, 0.1) is 0 Å². The van der Waals surface area contributed by atoms with Gasteiger partial charge in [-0.15, -0.1) is 0 Å². The Hall–Kier alpha value is -2.11. The average Bonchev–Trinajstić information content (AvgIpc) is 2.35. The highest BCUT2D eigenvalue weighted by molar-refractivity contribution is 5.75. The minimum absolute atomic E-state index is 0.0806. The number of hydrogen-bond acceptors (Lipinski definition) is 3. The lowest BCUT2D eigenvalue weighted by Crippen LogP contribution is -2.40. The normalized spacial score (nSPS) is 10.8. The number of allylic oxidation sites excluding steroid dienone is 1. The van der Waals surface area contributed by atoms with Gasteiger partial charge in [-0.25, -0.2) is 4.79 Å². The lowest BCUT2D eigenvalue weighted by Gasteiger charge is -2.07. The molecule has 1 aromatic rings. The summed E-state index contributed by atoms with van der Waals surface area (Å²) in [6.45, 7) is 2.36. The van der Waals surface area contributed by atoms with Gasteiger partial charge in [0.2, 0.25) is 5.91 Å². The standard InChI is InChI=1S/C12H17N3O3/c1-3-4-5-7-13-10(16)9-15-8-6-11(17)14(2)12(15)18/h3-4,6,8H,5,7,9H2,1-2H3,(H,13,16)/b4-3+. The largest absolute Gasteiger partial charge is 0.354 e. The zero-order valence-corrected chi connectivity index (χ0v) is 10.5. The van der Waals surface area contributed by atoms with E-state index in [2.05, 4.69) is 5.32 Å². The molecule has 0 radical (unpaired) electrons. The molecule has 0 aromatic carbocycles. The number of carbonyl (C=O) groups is 1. The van der Waals surface area contributed by atoms with Gasteiger partial charge in [0.1, 0.15) is 6.54 Å². The molecule has 0 aliphatic carbocycles. The van der Waals surface area contributed by atoms with E-state index in [1.807, 2.05) is 19.1 Å². The number of nitrogens with one attached hydrogen (secondary N) is 1. The number of carbonyl (C=O) groups excluding carboxylic acids is 1. The zero-order valence-electron chi connectivity index (χ0n) is 10.5. The van der Waals surface area contributed by atoms with Crippen LogP contribution >= 0.6 is 0 Å². The maximum absolute atomic E-state index is 11.6. The first-order chi connectivity index (χ1) is 8.56. The van der Waals surface area contributed by atoms with Crippen molar-refractivity contribution in [2.75, 3.05) is 6.54 Å². The summed E-state index contributed by atoms with van der Waals surface area (Å²) in [4.78, 5) is 34.3. The van der Waals surface area contributed by atoms with Crippen LogP contribution in [0.3, 0.4) is 0 Å². The molecule has 0 unspecified atom stereocenters. The molecule has 1 amide bonds. The first kappa shape index (κ1) is 14.0. The van der Waals surface area contributed by atoms with E-state index in [9.17, 15) is 14.4 Å². The Morgan fingerprint density at radius 2 is 2.17 bits per heavy atom. The van der Waals surface area contributed by atoms with Gasteiger partial charge in [-0.3, -0.25) is 18.7 Å². The van der Waals surface area contributed by atoms with Crippen molar-refractivity contribution in [2.24, 2.45) is 7.05 Å². The van der Waals surface area contributed by atoms with Gasteiger partial charge in [-0.2, -0.15) is 0 Å². The Morgan fingerprint density at radius 1 is 1.44 bits per heavy atom. The molecule has 0 fully saturated rings. The van der Waals surface area contributed by atoms with Gasteiger partial charge in [0.15, 0.2) is 0 Å². The zero-order chi connectivity index (χ0) is 13.5. The third kappa shape index (κ3) is 3.73. The van der Waals surface area contributed by atoms with Gasteiger partial charge >= 0.3 is 5.69 Å². The second-order valence-electron chi connectivity index (χ2n) is 3.83. The van der Waals surface area contributed by atoms with Crippen LogP contribution < -0.4 is 16.6 Å². The summed E-state index contributed by atoms with van der Waals surface area (Å²) in [7, 11) is 1.38. The highest BCUT2D eigenvalue weighted by Crippen LogP contribution is 1.82. The highest BCUT2D eigenvalue weighted by Gasteiger charge is 2.05. The van der Waals surface area contributed by atoms with E-state index in [0.717, 1.165) is 11.0 Å². The molecule has 18 heavy (non-hydrogen) atoms. The molecule has 0 aliphatic heterocycles. The van der Waals surface area contributed by atoms with Crippen molar-refractivity contribution in [3.63, 3.8) is 0 Å². The molecule has 1 rings (SSSR count). The Balaban J connectivity index is 2.63. The van der Waals surface area contributed by atoms with Crippen LogP contribution in [0.1, 0.15) is 13.3 Å². The molecule has 0 atom stereocenters. The van der Waals surface area contributed by atoms with Gasteiger partial charge < -0.3 is 5.32 Å². The van der Waals surface area contributed by atoms with Crippen LogP contribution in [0.5, 0.6) is 0 Å². The second-order valence-corrected chi connectivity index (χ2v) is 3.83. The van der Waals surface area contributed by atoms with Crippen molar-refractivity contribution < 1.29 is 4.79 Å². The van der Waals surface area contributed by atoms with Crippen LogP contribution in [0.25, 0.3) is 0 Å². The smallest absolute Gasteiger partial charge is 0.331 e. The molecule has 6 heteroatoms. The van der Waals surface area contributed by atoms with E-state index < -0.39 is 5.69 Å². The van der Waals surface area contributed by atoms with Crippen LogP contribution in [-0.2, 0) is 18.4 Å². The third-order valence-electron chi connectivity index (χ3n) is 2.44. The summed E-state index contributed by atoms with van der Waals surface area (Å²) in [5, 5.41) is 2.69. The van der Waals surface area contributed by atoms with E-state index in [1.54, 1.807) is 0 Å². The SMILES string of the molecule is C/C=C/CCNC(=O)Cn1ccc(=O)n(C)c1=O. The fourth-order valence-corrected chi connectivity index (χ4v) is 1.41. The van der Waals surface area contributed by atoms with Crippen LogP contribution in [0, 0.1) is 0 Å². The van der Waals surface area contributed by atoms with Crippen LogP contribution in [-0.4, -0.2) is 21.6 Å². The Kier molecular flexibility index (Phi) is 5.10. The summed E-state index contributed by atoms with van der Waals surface area (Å²) in [5.74, 6) is -0.250. The average molecular weight is 251 g/mol. The summed E-state index contributed by atoms with van der Waals surface area (Å²) < 4.78 is 2.17. The molecular formula is C12H17N3O3. The number of aromatic nitrogens is 2. The van der Waals surface area contributed by atoms with Crippen LogP contribution in [0.4, 0.5) is 0 Å². The Labute approximate surface area is 105 Å². The third-order valence-corrected chi connectivity index (χ3v) is 2.44. The maximum Gasteiger partial charge on any atom is 0.331 e. The van der Waals surface area contributed by atoms with E-state index in [0.29, 0.717) is 6.54 Å². The fourth-order valence-electron chi connectivity index (χ4n) is 1.41. The number of amides is 1. The van der Waals surface area contributed by atoms with Gasteiger partial charge in [0.25, 0.3) is 5.56 Å². The van der Waals surface area contributed by atoms with Crippen LogP contribution in [0.15, 0.2) is 34.0 Å². The highest BCUT2D eigenvalue weighted by atomic mass is 16.2. The molecule has 0 bridgehead atoms. The fraction of sp³-hybridized carbons (Fsp3) is 0.417. The van der Waals surface area contributed by atoms with E-state index in [1.165, 1.54) is 23.9 Å².